The van der Waals surface area contributed by atoms with Crippen molar-refractivity contribution in [2.75, 3.05) is 23.1 Å². The van der Waals surface area contributed by atoms with Crippen LogP contribution in [-0.2, 0) is 15.8 Å². The smallest absolute Gasteiger partial charge is 0.237 e. The first-order chi connectivity index (χ1) is 18.9. The van der Waals surface area contributed by atoms with Crippen LogP contribution in [0.3, 0.4) is 0 Å². The first-order valence-corrected chi connectivity index (χ1v) is 14.4. The molecule has 1 fully saturated rings. The number of piperidine rings is 1. The highest BCUT2D eigenvalue weighted by molar-refractivity contribution is 7.91. The molecule has 1 unspecified atom stereocenters. The Bertz CT molecular complexity index is 1550. The van der Waals surface area contributed by atoms with E-state index < -0.39 is 15.8 Å². The molecule has 12 heteroatoms. The van der Waals surface area contributed by atoms with Crippen LogP contribution in [0.15, 0.2) is 73.1 Å². The number of hydrogen-bond acceptors (Lipinski definition) is 8. The molecule has 0 spiro atoms. The zero-order valence-corrected chi connectivity index (χ0v) is 22.3. The van der Waals surface area contributed by atoms with Gasteiger partial charge in [0.2, 0.25) is 21.9 Å². The lowest BCUT2D eigenvalue weighted by Gasteiger charge is -2.23. The summed E-state index contributed by atoms with van der Waals surface area (Å²) in [7, 11) is -3.91. The number of anilines is 2. The molecule has 2 aromatic heterocycles. The first-order valence-electron chi connectivity index (χ1n) is 12.3. The Labute approximate surface area is 230 Å². The SMILES string of the molecule is O=S(=O)(Cc1ccccc1)Nc1ccc(Cl)c(Oc2ncccc2-c2ccnc(NC3CCCNC3)n2)c1F. The molecule has 5 rings (SSSR count). The highest BCUT2D eigenvalue weighted by atomic mass is 35.5. The maximum absolute atomic E-state index is 15.5. The molecule has 0 bridgehead atoms. The van der Waals surface area contributed by atoms with Gasteiger partial charge in [0.1, 0.15) is 0 Å². The summed E-state index contributed by atoms with van der Waals surface area (Å²) in [6, 6.07) is 16.5. The molecule has 202 valence electrons. The molecule has 3 N–H and O–H groups in total. The maximum Gasteiger partial charge on any atom is 0.237 e. The van der Waals surface area contributed by atoms with Crippen LogP contribution >= 0.6 is 11.6 Å². The molecule has 1 saturated heterocycles. The van der Waals surface area contributed by atoms with Crippen LogP contribution < -0.4 is 20.1 Å². The number of pyridine rings is 1. The Morgan fingerprint density at radius 3 is 2.69 bits per heavy atom. The average molecular weight is 569 g/mol. The van der Waals surface area contributed by atoms with Gasteiger partial charge in [-0.15, -0.1) is 0 Å². The molecule has 9 nitrogen and oxygen atoms in total. The number of aromatic nitrogens is 3. The summed E-state index contributed by atoms with van der Waals surface area (Å²) in [4.78, 5) is 13.2. The van der Waals surface area contributed by atoms with E-state index in [0.29, 0.717) is 22.8 Å². The van der Waals surface area contributed by atoms with Crippen molar-refractivity contribution in [2.24, 2.45) is 0 Å². The standard InChI is InChI=1S/C27H26ClFN6O3S/c28-21-10-11-23(35-39(36,37)17-18-6-2-1-3-7-18)24(29)25(21)38-26-20(9-5-14-31-26)22-12-15-32-27(34-22)33-19-8-4-13-30-16-19/h1-3,5-7,9-12,14-15,19,30,35H,4,8,13,16-17H2,(H,32,33,34). The van der Waals surface area contributed by atoms with E-state index in [2.05, 4.69) is 30.3 Å². The van der Waals surface area contributed by atoms with Gasteiger partial charge in [-0.3, -0.25) is 4.72 Å². The first kappa shape index (κ1) is 26.8. The molecule has 0 aliphatic carbocycles. The highest BCUT2D eigenvalue weighted by Crippen LogP contribution is 2.38. The molecule has 1 atom stereocenters. The second-order valence-electron chi connectivity index (χ2n) is 9.00. The Kier molecular flexibility index (Phi) is 8.20. The fourth-order valence-electron chi connectivity index (χ4n) is 4.20. The molecular weight excluding hydrogens is 543 g/mol. The zero-order valence-electron chi connectivity index (χ0n) is 20.8. The molecule has 0 amide bonds. The van der Waals surface area contributed by atoms with Crippen molar-refractivity contribution in [2.45, 2.75) is 24.6 Å². The quantitative estimate of drug-likeness (QED) is 0.251. The van der Waals surface area contributed by atoms with E-state index in [1.54, 1.807) is 54.7 Å². The van der Waals surface area contributed by atoms with E-state index in [9.17, 15) is 8.42 Å². The van der Waals surface area contributed by atoms with E-state index in [4.69, 9.17) is 16.3 Å². The fourth-order valence-corrected chi connectivity index (χ4v) is 5.58. The molecular formula is C27H26ClFN6O3S. The molecule has 0 saturated carbocycles. The summed E-state index contributed by atoms with van der Waals surface area (Å²) in [5.41, 5.74) is 1.26. The van der Waals surface area contributed by atoms with Gasteiger partial charge in [0.15, 0.2) is 11.6 Å². The summed E-state index contributed by atoms with van der Waals surface area (Å²) in [6.45, 7) is 1.81. The summed E-state index contributed by atoms with van der Waals surface area (Å²) >= 11 is 6.27. The molecule has 0 radical (unpaired) electrons. The minimum atomic E-state index is -3.91. The van der Waals surface area contributed by atoms with Gasteiger partial charge in [-0.1, -0.05) is 41.9 Å². The van der Waals surface area contributed by atoms with Crippen LogP contribution in [-0.4, -0.2) is 42.5 Å². The summed E-state index contributed by atoms with van der Waals surface area (Å²) in [5, 5.41) is 6.62. The van der Waals surface area contributed by atoms with Crippen LogP contribution in [0.4, 0.5) is 16.0 Å². The van der Waals surface area contributed by atoms with Gasteiger partial charge in [-0.2, -0.15) is 0 Å². The maximum atomic E-state index is 15.5. The normalized spacial score (nSPS) is 15.5. The summed E-state index contributed by atoms with van der Waals surface area (Å²) < 4.78 is 49.1. The minimum Gasteiger partial charge on any atom is -0.434 e. The number of nitrogens with zero attached hydrogens (tertiary/aromatic N) is 3. The number of ether oxygens (including phenoxy) is 1. The highest BCUT2D eigenvalue weighted by Gasteiger charge is 2.22. The lowest BCUT2D eigenvalue weighted by molar-refractivity contribution is 0.430. The van der Waals surface area contributed by atoms with Crippen molar-refractivity contribution in [3.8, 4) is 22.9 Å². The molecule has 1 aliphatic heterocycles. The van der Waals surface area contributed by atoms with Crippen LogP contribution in [0.25, 0.3) is 11.3 Å². The number of halogens is 2. The summed E-state index contributed by atoms with van der Waals surface area (Å²) in [6.07, 6.45) is 5.18. The minimum absolute atomic E-state index is 0.0478. The number of nitrogens with one attached hydrogen (secondary N) is 3. The Morgan fingerprint density at radius 1 is 1.05 bits per heavy atom. The lowest BCUT2D eigenvalue weighted by Crippen LogP contribution is -2.38. The van der Waals surface area contributed by atoms with E-state index in [-0.39, 0.29) is 34.1 Å². The third-order valence-corrected chi connectivity index (χ3v) is 7.59. The summed E-state index contributed by atoms with van der Waals surface area (Å²) in [5.74, 6) is -1.15. The van der Waals surface area contributed by atoms with Gasteiger partial charge < -0.3 is 15.4 Å². The van der Waals surface area contributed by atoms with E-state index >= 15 is 4.39 Å². The van der Waals surface area contributed by atoms with Gasteiger partial charge in [0, 0.05) is 25.0 Å². The molecule has 39 heavy (non-hydrogen) atoms. The van der Waals surface area contributed by atoms with Crippen LogP contribution in [0.1, 0.15) is 18.4 Å². The fraction of sp³-hybridized carbons (Fsp3) is 0.222. The largest absolute Gasteiger partial charge is 0.434 e. The van der Waals surface area contributed by atoms with Gasteiger partial charge in [-0.05, 0) is 55.3 Å². The third-order valence-electron chi connectivity index (χ3n) is 6.05. The van der Waals surface area contributed by atoms with Crippen molar-refractivity contribution in [1.29, 1.82) is 0 Å². The van der Waals surface area contributed by atoms with E-state index in [0.717, 1.165) is 25.9 Å². The molecule has 3 heterocycles. The average Bonchev–Trinajstić information content (AvgIpc) is 2.94. The van der Waals surface area contributed by atoms with Crippen LogP contribution in [0, 0.1) is 5.82 Å². The van der Waals surface area contributed by atoms with Crippen LogP contribution in [0.2, 0.25) is 5.02 Å². The lowest BCUT2D eigenvalue weighted by atomic mass is 10.1. The number of benzene rings is 2. The number of rotatable bonds is 9. The predicted molar refractivity (Wildman–Crippen MR) is 149 cm³/mol. The van der Waals surface area contributed by atoms with Gasteiger partial charge in [0.05, 0.1) is 27.7 Å². The number of sulfonamides is 1. The second kappa shape index (κ2) is 11.9. The zero-order chi connectivity index (χ0) is 27.2. The predicted octanol–water partition coefficient (Wildman–Crippen LogP) is 5.23. The molecule has 4 aromatic rings. The monoisotopic (exact) mass is 568 g/mol. The third kappa shape index (κ3) is 6.80. The van der Waals surface area contributed by atoms with Crippen molar-refractivity contribution < 1.29 is 17.5 Å². The van der Waals surface area contributed by atoms with Gasteiger partial charge in [-0.25, -0.2) is 27.8 Å². The Morgan fingerprint density at radius 2 is 1.90 bits per heavy atom. The van der Waals surface area contributed by atoms with Crippen molar-refractivity contribution >= 4 is 33.3 Å². The molecule has 2 aromatic carbocycles. The van der Waals surface area contributed by atoms with E-state index in [1.165, 1.54) is 18.3 Å². The topological polar surface area (TPSA) is 118 Å². The van der Waals surface area contributed by atoms with Crippen LogP contribution in [0.5, 0.6) is 11.6 Å². The Hall–Kier alpha value is -3.80. The van der Waals surface area contributed by atoms with Gasteiger partial charge in [0.25, 0.3) is 0 Å². The Balaban J connectivity index is 1.39. The second-order valence-corrected chi connectivity index (χ2v) is 11.1. The van der Waals surface area contributed by atoms with Crippen molar-refractivity contribution in [3.05, 3.63) is 89.5 Å². The van der Waals surface area contributed by atoms with E-state index in [1.807, 2.05) is 0 Å². The van der Waals surface area contributed by atoms with Crippen molar-refractivity contribution in [1.82, 2.24) is 20.3 Å². The van der Waals surface area contributed by atoms with Gasteiger partial charge >= 0.3 is 0 Å². The van der Waals surface area contributed by atoms with Crippen molar-refractivity contribution in [3.63, 3.8) is 0 Å². The number of hydrogen-bond donors (Lipinski definition) is 3. The molecule has 1 aliphatic rings.